The molecule has 0 bridgehead atoms. The van der Waals surface area contributed by atoms with E-state index in [1.54, 1.807) is 7.11 Å². The van der Waals surface area contributed by atoms with Gasteiger partial charge < -0.3 is 9.84 Å². The molecular formula is C18H22N2O2. The van der Waals surface area contributed by atoms with E-state index in [4.69, 9.17) is 4.74 Å². The molecule has 22 heavy (non-hydrogen) atoms. The zero-order chi connectivity index (χ0) is 15.4. The number of hydrogen-bond donors (Lipinski definition) is 1. The highest BCUT2D eigenvalue weighted by Gasteiger charge is 2.33. The van der Waals surface area contributed by atoms with Gasteiger partial charge in [0.05, 0.1) is 7.11 Å². The number of pyridine rings is 1. The second-order valence-electron chi connectivity index (χ2n) is 5.85. The number of aliphatic hydroxyl groups excluding tert-OH is 1. The van der Waals surface area contributed by atoms with Gasteiger partial charge >= 0.3 is 0 Å². The number of aliphatic hydroxyl groups is 1. The predicted octanol–water partition coefficient (Wildman–Crippen LogP) is 2.30. The quantitative estimate of drug-likeness (QED) is 0.920. The summed E-state index contributed by atoms with van der Waals surface area (Å²) in [5.74, 6) is 1.44. The third kappa shape index (κ3) is 3.29. The minimum Gasteiger partial charge on any atom is -0.497 e. The third-order valence-electron chi connectivity index (χ3n) is 4.36. The molecule has 1 saturated heterocycles. The second kappa shape index (κ2) is 6.90. The van der Waals surface area contributed by atoms with Crippen LogP contribution in [0.1, 0.15) is 17.2 Å². The average molecular weight is 298 g/mol. The Bertz CT molecular complexity index is 603. The van der Waals surface area contributed by atoms with E-state index < -0.39 is 0 Å². The number of methoxy groups -OCH3 is 1. The first-order valence-electron chi connectivity index (χ1n) is 7.67. The average Bonchev–Trinajstić information content (AvgIpc) is 2.98. The van der Waals surface area contributed by atoms with E-state index in [-0.39, 0.29) is 12.5 Å². The fourth-order valence-corrected chi connectivity index (χ4v) is 3.23. The number of rotatable bonds is 5. The molecule has 2 aromatic rings. The molecule has 4 heteroatoms. The van der Waals surface area contributed by atoms with E-state index >= 15 is 0 Å². The summed E-state index contributed by atoms with van der Waals surface area (Å²) in [6, 6.07) is 14.2. The zero-order valence-corrected chi connectivity index (χ0v) is 12.9. The first-order valence-corrected chi connectivity index (χ1v) is 7.67. The number of nitrogens with zero attached hydrogens (tertiary/aromatic N) is 2. The lowest BCUT2D eigenvalue weighted by atomic mass is 9.93. The summed E-state index contributed by atoms with van der Waals surface area (Å²) >= 11 is 0. The van der Waals surface area contributed by atoms with E-state index in [9.17, 15) is 5.11 Å². The molecule has 1 fully saturated rings. The van der Waals surface area contributed by atoms with Gasteiger partial charge in [0.25, 0.3) is 0 Å². The molecule has 2 atom stereocenters. The minimum atomic E-state index is 0.204. The van der Waals surface area contributed by atoms with Crippen LogP contribution in [0, 0.1) is 5.92 Å². The van der Waals surface area contributed by atoms with Crippen molar-refractivity contribution in [2.75, 3.05) is 26.8 Å². The summed E-state index contributed by atoms with van der Waals surface area (Å²) in [6.45, 7) is 2.90. The monoisotopic (exact) mass is 298 g/mol. The summed E-state index contributed by atoms with van der Waals surface area (Å²) in [7, 11) is 1.69. The summed E-state index contributed by atoms with van der Waals surface area (Å²) in [6.07, 6.45) is 1.83. The smallest absolute Gasteiger partial charge is 0.119 e. The van der Waals surface area contributed by atoms with Crippen LogP contribution in [0.25, 0.3) is 0 Å². The predicted molar refractivity (Wildman–Crippen MR) is 85.8 cm³/mol. The first kappa shape index (κ1) is 15.0. The molecule has 1 aromatic heterocycles. The van der Waals surface area contributed by atoms with Crippen molar-refractivity contribution in [2.45, 2.75) is 12.5 Å². The lowest BCUT2D eigenvalue weighted by Gasteiger charge is -2.16. The van der Waals surface area contributed by atoms with E-state index in [0.717, 1.165) is 31.1 Å². The highest BCUT2D eigenvalue weighted by atomic mass is 16.5. The molecule has 0 amide bonds. The van der Waals surface area contributed by atoms with Gasteiger partial charge in [0, 0.05) is 50.0 Å². The van der Waals surface area contributed by atoms with E-state index in [2.05, 4.69) is 28.1 Å². The SMILES string of the molecule is COc1cccc(CN2C[C@@H](CO)[C@H](c3ccccn3)C2)c1. The Morgan fingerprint density at radius 3 is 2.86 bits per heavy atom. The fraction of sp³-hybridized carbons (Fsp3) is 0.389. The maximum Gasteiger partial charge on any atom is 0.119 e. The normalized spacial score (nSPS) is 21.9. The van der Waals surface area contributed by atoms with Crippen molar-refractivity contribution in [2.24, 2.45) is 5.92 Å². The maximum absolute atomic E-state index is 9.69. The van der Waals surface area contributed by atoms with Gasteiger partial charge in [-0.15, -0.1) is 0 Å². The van der Waals surface area contributed by atoms with Crippen LogP contribution in [0.2, 0.25) is 0 Å². The lowest BCUT2D eigenvalue weighted by Crippen LogP contribution is -2.20. The van der Waals surface area contributed by atoms with Gasteiger partial charge in [0.1, 0.15) is 5.75 Å². The van der Waals surface area contributed by atoms with Crippen LogP contribution in [0.4, 0.5) is 0 Å². The number of hydrogen-bond acceptors (Lipinski definition) is 4. The molecule has 0 aliphatic carbocycles. The highest BCUT2D eigenvalue weighted by Crippen LogP contribution is 2.32. The topological polar surface area (TPSA) is 45.6 Å². The molecular weight excluding hydrogens is 276 g/mol. The molecule has 3 rings (SSSR count). The Balaban J connectivity index is 1.71. The molecule has 1 aliphatic heterocycles. The number of aromatic nitrogens is 1. The standard InChI is InChI=1S/C18H22N2O2/c1-22-16-6-4-5-14(9-16)10-20-11-15(13-21)17(12-20)18-7-2-3-8-19-18/h2-9,15,17,21H,10-13H2,1H3/t15-,17+/m0/s1. The molecule has 0 unspecified atom stereocenters. The Hall–Kier alpha value is -1.91. The van der Waals surface area contributed by atoms with Crippen LogP contribution in [0.15, 0.2) is 48.7 Å². The van der Waals surface area contributed by atoms with Gasteiger partial charge in [-0.3, -0.25) is 9.88 Å². The van der Waals surface area contributed by atoms with E-state index in [1.807, 2.05) is 30.5 Å². The molecule has 4 nitrogen and oxygen atoms in total. The molecule has 1 aliphatic rings. The summed E-state index contributed by atoms with van der Waals surface area (Å²) in [5, 5.41) is 9.69. The summed E-state index contributed by atoms with van der Waals surface area (Å²) in [5.41, 5.74) is 2.31. The van der Waals surface area contributed by atoms with Crippen molar-refractivity contribution in [3.05, 3.63) is 59.9 Å². The molecule has 2 heterocycles. The minimum absolute atomic E-state index is 0.204. The van der Waals surface area contributed by atoms with Crippen molar-refractivity contribution < 1.29 is 9.84 Å². The molecule has 0 saturated carbocycles. The van der Waals surface area contributed by atoms with Crippen LogP contribution < -0.4 is 4.74 Å². The van der Waals surface area contributed by atoms with Gasteiger partial charge in [-0.05, 0) is 29.8 Å². The summed E-state index contributed by atoms with van der Waals surface area (Å²) in [4.78, 5) is 6.85. The van der Waals surface area contributed by atoms with Gasteiger partial charge in [-0.25, -0.2) is 0 Å². The maximum atomic E-state index is 9.69. The highest BCUT2D eigenvalue weighted by molar-refractivity contribution is 5.28. The van der Waals surface area contributed by atoms with Gasteiger partial charge in [0.15, 0.2) is 0 Å². The molecule has 1 N–H and O–H groups in total. The zero-order valence-electron chi connectivity index (χ0n) is 12.9. The third-order valence-corrected chi connectivity index (χ3v) is 4.36. The molecule has 116 valence electrons. The van der Waals surface area contributed by atoms with E-state index in [0.29, 0.717) is 5.92 Å². The largest absolute Gasteiger partial charge is 0.497 e. The Kier molecular flexibility index (Phi) is 4.71. The number of likely N-dealkylation sites (tertiary alicyclic amines) is 1. The second-order valence-corrected chi connectivity index (χ2v) is 5.85. The lowest BCUT2D eigenvalue weighted by molar-refractivity contribution is 0.213. The Labute approximate surface area is 131 Å². The van der Waals surface area contributed by atoms with Gasteiger partial charge in [-0.1, -0.05) is 18.2 Å². The first-order chi connectivity index (χ1) is 10.8. The van der Waals surface area contributed by atoms with Crippen LogP contribution in [-0.4, -0.2) is 41.8 Å². The van der Waals surface area contributed by atoms with Crippen LogP contribution in [0.3, 0.4) is 0 Å². The van der Waals surface area contributed by atoms with Crippen molar-refractivity contribution in [1.82, 2.24) is 9.88 Å². The Morgan fingerprint density at radius 1 is 1.23 bits per heavy atom. The molecule has 1 aromatic carbocycles. The van der Waals surface area contributed by atoms with Crippen LogP contribution in [-0.2, 0) is 6.54 Å². The van der Waals surface area contributed by atoms with Gasteiger partial charge in [0.2, 0.25) is 0 Å². The molecule has 0 radical (unpaired) electrons. The van der Waals surface area contributed by atoms with Crippen molar-refractivity contribution in [1.29, 1.82) is 0 Å². The number of ether oxygens (including phenoxy) is 1. The summed E-state index contributed by atoms with van der Waals surface area (Å²) < 4.78 is 5.28. The van der Waals surface area contributed by atoms with E-state index in [1.165, 1.54) is 5.56 Å². The van der Waals surface area contributed by atoms with Gasteiger partial charge in [-0.2, -0.15) is 0 Å². The van der Waals surface area contributed by atoms with Crippen molar-refractivity contribution >= 4 is 0 Å². The van der Waals surface area contributed by atoms with Crippen LogP contribution >= 0.6 is 0 Å². The Morgan fingerprint density at radius 2 is 2.14 bits per heavy atom. The molecule has 0 spiro atoms. The van der Waals surface area contributed by atoms with Crippen LogP contribution in [0.5, 0.6) is 5.75 Å². The number of benzene rings is 1. The van der Waals surface area contributed by atoms with Crippen molar-refractivity contribution in [3.8, 4) is 5.75 Å². The fourth-order valence-electron chi connectivity index (χ4n) is 3.23. The van der Waals surface area contributed by atoms with Crippen molar-refractivity contribution in [3.63, 3.8) is 0 Å².